The molecule has 2 amide bonds. The van der Waals surface area contributed by atoms with Gasteiger partial charge in [-0.15, -0.1) is 0 Å². The summed E-state index contributed by atoms with van der Waals surface area (Å²) in [6.07, 6.45) is 5.56. The SMILES string of the molecule is COc1cccc(C(=O)NC2C[C@H]3CC[C@@H](C2)N3c2ccc(C(=O)Nc3cccc(C)c3)cn2)c1C. The highest BCUT2D eigenvalue weighted by atomic mass is 16.5. The molecule has 0 saturated carbocycles. The van der Waals surface area contributed by atoms with E-state index in [9.17, 15) is 9.59 Å². The molecule has 0 aliphatic carbocycles. The molecule has 0 spiro atoms. The number of fused-ring (bicyclic) bond motifs is 2. The van der Waals surface area contributed by atoms with Gasteiger partial charge in [0.1, 0.15) is 11.6 Å². The molecular formula is C29H32N4O3. The third kappa shape index (κ3) is 4.78. The first kappa shape index (κ1) is 23.9. The number of hydrogen-bond acceptors (Lipinski definition) is 5. The largest absolute Gasteiger partial charge is 0.496 e. The summed E-state index contributed by atoms with van der Waals surface area (Å²) in [6.45, 7) is 3.91. The Labute approximate surface area is 211 Å². The predicted molar refractivity (Wildman–Crippen MR) is 141 cm³/mol. The van der Waals surface area contributed by atoms with E-state index in [0.717, 1.165) is 54.1 Å². The van der Waals surface area contributed by atoms with Gasteiger partial charge in [0.05, 0.1) is 12.7 Å². The van der Waals surface area contributed by atoms with E-state index in [1.807, 2.05) is 68.4 Å². The third-order valence-electron chi connectivity index (χ3n) is 7.37. The standard InChI is InChI=1S/C29H32N4O3/c1-18-6-4-7-21(14-18)31-28(34)20-10-13-27(30-17-20)33-23-11-12-24(33)16-22(15-23)32-29(35)25-8-5-9-26(36-3)19(25)2/h4-10,13-14,17,22-24H,11-12,15-16H2,1-3H3,(H,31,34)(H,32,35)/t22?,23-,24+. The maximum absolute atomic E-state index is 13.0. The van der Waals surface area contributed by atoms with Gasteiger partial charge in [-0.2, -0.15) is 0 Å². The predicted octanol–water partition coefficient (Wildman–Crippen LogP) is 4.89. The number of carbonyl (C=O) groups is 2. The minimum Gasteiger partial charge on any atom is -0.496 e. The van der Waals surface area contributed by atoms with Crippen molar-refractivity contribution < 1.29 is 14.3 Å². The van der Waals surface area contributed by atoms with Crippen molar-refractivity contribution in [3.05, 3.63) is 83.0 Å². The quantitative estimate of drug-likeness (QED) is 0.521. The number of aryl methyl sites for hydroxylation is 1. The third-order valence-corrected chi connectivity index (χ3v) is 7.37. The van der Waals surface area contributed by atoms with Gasteiger partial charge in [0.2, 0.25) is 0 Å². The lowest BCUT2D eigenvalue weighted by atomic mass is 9.96. The van der Waals surface area contributed by atoms with Gasteiger partial charge in [0.15, 0.2) is 0 Å². The van der Waals surface area contributed by atoms with E-state index < -0.39 is 0 Å². The van der Waals surface area contributed by atoms with Crippen LogP contribution in [0, 0.1) is 13.8 Å². The molecule has 186 valence electrons. The Kier molecular flexibility index (Phi) is 6.63. The normalized spacial score (nSPS) is 20.6. The lowest BCUT2D eigenvalue weighted by molar-refractivity contribution is 0.0925. The average molecular weight is 485 g/mol. The van der Waals surface area contributed by atoms with E-state index in [-0.39, 0.29) is 17.9 Å². The summed E-state index contributed by atoms with van der Waals surface area (Å²) in [5, 5.41) is 6.19. The van der Waals surface area contributed by atoms with E-state index >= 15 is 0 Å². The van der Waals surface area contributed by atoms with Crippen molar-refractivity contribution in [2.75, 3.05) is 17.3 Å². The lowest BCUT2D eigenvalue weighted by Crippen LogP contribution is -2.50. The van der Waals surface area contributed by atoms with Crippen molar-refractivity contribution >= 4 is 23.3 Å². The number of nitrogens with one attached hydrogen (secondary N) is 2. The first-order chi connectivity index (χ1) is 17.4. The van der Waals surface area contributed by atoms with E-state index in [2.05, 4.69) is 20.5 Å². The van der Waals surface area contributed by atoms with Crippen LogP contribution in [-0.4, -0.2) is 42.0 Å². The molecule has 2 aliphatic heterocycles. The van der Waals surface area contributed by atoms with E-state index in [4.69, 9.17) is 4.74 Å². The highest BCUT2D eigenvalue weighted by molar-refractivity contribution is 6.04. The molecule has 5 rings (SSSR count). The number of methoxy groups -OCH3 is 1. The van der Waals surface area contributed by atoms with Crippen LogP contribution < -0.4 is 20.3 Å². The number of hydrogen-bond donors (Lipinski definition) is 2. The number of nitrogens with zero attached hydrogens (tertiary/aromatic N) is 2. The number of pyridine rings is 1. The zero-order chi connectivity index (χ0) is 25.2. The van der Waals surface area contributed by atoms with Gasteiger partial charge in [0.25, 0.3) is 11.8 Å². The number of anilines is 2. The van der Waals surface area contributed by atoms with Crippen LogP contribution in [0.1, 0.15) is 57.5 Å². The van der Waals surface area contributed by atoms with Crippen LogP contribution in [0.4, 0.5) is 11.5 Å². The topological polar surface area (TPSA) is 83.6 Å². The maximum atomic E-state index is 13.0. The number of carbonyl (C=O) groups excluding carboxylic acids is 2. The number of ether oxygens (including phenoxy) is 1. The minimum absolute atomic E-state index is 0.0497. The van der Waals surface area contributed by atoms with Gasteiger partial charge in [0, 0.05) is 41.1 Å². The van der Waals surface area contributed by atoms with Crippen molar-refractivity contribution in [3.8, 4) is 5.75 Å². The van der Waals surface area contributed by atoms with Crippen molar-refractivity contribution in [1.82, 2.24) is 10.3 Å². The number of benzene rings is 2. The molecule has 7 nitrogen and oxygen atoms in total. The van der Waals surface area contributed by atoms with Crippen LogP contribution in [0.3, 0.4) is 0 Å². The molecule has 7 heteroatoms. The molecule has 1 aromatic heterocycles. The lowest BCUT2D eigenvalue weighted by Gasteiger charge is -2.40. The smallest absolute Gasteiger partial charge is 0.257 e. The fraction of sp³-hybridized carbons (Fsp3) is 0.345. The summed E-state index contributed by atoms with van der Waals surface area (Å²) >= 11 is 0. The van der Waals surface area contributed by atoms with E-state index in [0.29, 0.717) is 23.2 Å². The van der Waals surface area contributed by atoms with Crippen LogP contribution >= 0.6 is 0 Å². The first-order valence-electron chi connectivity index (χ1n) is 12.5. The fourth-order valence-electron chi connectivity index (χ4n) is 5.61. The summed E-state index contributed by atoms with van der Waals surface area (Å²) < 4.78 is 5.37. The Bertz CT molecular complexity index is 1260. The molecule has 2 saturated heterocycles. The van der Waals surface area contributed by atoms with E-state index in [1.54, 1.807) is 13.3 Å². The van der Waals surface area contributed by atoms with E-state index in [1.165, 1.54) is 0 Å². The molecule has 3 atom stereocenters. The molecule has 2 fully saturated rings. The number of aromatic nitrogens is 1. The van der Waals surface area contributed by atoms with Crippen LogP contribution in [0.25, 0.3) is 0 Å². The highest BCUT2D eigenvalue weighted by Crippen LogP contribution is 2.38. The maximum Gasteiger partial charge on any atom is 0.257 e. The molecule has 0 radical (unpaired) electrons. The van der Waals surface area contributed by atoms with Gasteiger partial charge in [-0.1, -0.05) is 18.2 Å². The average Bonchev–Trinajstić information content (AvgIpc) is 3.14. The second kappa shape index (κ2) is 10.0. The minimum atomic E-state index is -0.170. The monoisotopic (exact) mass is 484 g/mol. The summed E-state index contributed by atoms with van der Waals surface area (Å²) in [5.74, 6) is 1.39. The highest BCUT2D eigenvalue weighted by Gasteiger charge is 2.42. The zero-order valence-corrected chi connectivity index (χ0v) is 21.0. The Morgan fingerprint density at radius 2 is 1.72 bits per heavy atom. The second-order valence-corrected chi connectivity index (χ2v) is 9.80. The van der Waals surface area contributed by atoms with Crippen molar-refractivity contribution in [2.45, 2.75) is 57.7 Å². The molecule has 3 heterocycles. The van der Waals surface area contributed by atoms with Gasteiger partial charge in [-0.3, -0.25) is 9.59 Å². The number of rotatable bonds is 6. The van der Waals surface area contributed by atoms with Gasteiger partial charge in [-0.05, 0) is 81.5 Å². The molecule has 2 aromatic carbocycles. The number of piperidine rings is 1. The Morgan fingerprint density at radius 1 is 0.972 bits per heavy atom. The first-order valence-corrected chi connectivity index (χ1v) is 12.5. The molecule has 1 unspecified atom stereocenters. The Balaban J connectivity index is 1.23. The van der Waals surface area contributed by atoms with Crippen molar-refractivity contribution in [2.24, 2.45) is 0 Å². The van der Waals surface area contributed by atoms with Crippen molar-refractivity contribution in [3.63, 3.8) is 0 Å². The van der Waals surface area contributed by atoms with Crippen LogP contribution in [0.2, 0.25) is 0 Å². The summed E-state index contributed by atoms with van der Waals surface area (Å²) in [7, 11) is 1.62. The molecule has 36 heavy (non-hydrogen) atoms. The van der Waals surface area contributed by atoms with Crippen LogP contribution in [0.15, 0.2) is 60.8 Å². The molecular weight excluding hydrogens is 452 g/mol. The van der Waals surface area contributed by atoms with Gasteiger partial charge < -0.3 is 20.3 Å². The molecule has 2 N–H and O–H groups in total. The summed E-state index contributed by atoms with van der Waals surface area (Å²) in [6, 6.07) is 17.8. The second-order valence-electron chi connectivity index (χ2n) is 9.80. The van der Waals surface area contributed by atoms with Crippen LogP contribution in [-0.2, 0) is 0 Å². The summed E-state index contributed by atoms with van der Waals surface area (Å²) in [5.41, 5.74) is 3.91. The molecule has 2 aliphatic rings. The van der Waals surface area contributed by atoms with Crippen molar-refractivity contribution in [1.29, 1.82) is 0 Å². The Morgan fingerprint density at radius 3 is 2.39 bits per heavy atom. The van der Waals surface area contributed by atoms with Gasteiger partial charge in [-0.25, -0.2) is 4.98 Å². The Hall–Kier alpha value is -3.87. The van der Waals surface area contributed by atoms with Crippen LogP contribution in [0.5, 0.6) is 5.75 Å². The van der Waals surface area contributed by atoms with Gasteiger partial charge >= 0.3 is 0 Å². The fourth-order valence-corrected chi connectivity index (χ4v) is 5.61. The summed E-state index contributed by atoms with van der Waals surface area (Å²) in [4.78, 5) is 32.7. The zero-order valence-electron chi connectivity index (χ0n) is 21.0. The molecule has 2 bridgehead atoms. The molecule has 3 aromatic rings. The number of amides is 2.